The summed E-state index contributed by atoms with van der Waals surface area (Å²) >= 11 is 0. The van der Waals surface area contributed by atoms with Crippen molar-refractivity contribution in [2.45, 2.75) is 4.90 Å². The maximum atomic E-state index is 13.9. The van der Waals surface area contributed by atoms with Crippen LogP contribution in [0.3, 0.4) is 0 Å². The van der Waals surface area contributed by atoms with Crippen LogP contribution in [-0.2, 0) is 10.0 Å². The molecule has 0 saturated heterocycles. The molecular weight excluding hydrogens is 293 g/mol. The first-order valence-corrected chi connectivity index (χ1v) is 7.66. The fraction of sp³-hybridized carbons (Fsp3) is 0.143. The van der Waals surface area contributed by atoms with E-state index in [1.165, 1.54) is 24.1 Å². The van der Waals surface area contributed by atoms with E-state index < -0.39 is 15.8 Å². The Balaban J connectivity index is 2.62. The summed E-state index contributed by atoms with van der Waals surface area (Å²) in [6.07, 6.45) is 0. The number of nitrogens with one attached hydrogen (secondary N) is 1. The number of para-hydroxylation sites is 1. The number of hydrogen-bond acceptors (Lipinski definition) is 4. The summed E-state index contributed by atoms with van der Waals surface area (Å²) in [7, 11) is -0.805. The highest BCUT2D eigenvalue weighted by atomic mass is 32.2. The van der Waals surface area contributed by atoms with Gasteiger partial charge in [-0.2, -0.15) is 0 Å². The minimum absolute atomic E-state index is 0.00393. The molecule has 0 atom stereocenters. The Morgan fingerprint density at radius 1 is 1.14 bits per heavy atom. The Morgan fingerprint density at radius 2 is 1.81 bits per heavy atom. The van der Waals surface area contributed by atoms with E-state index in [1.807, 2.05) is 0 Å². The fourth-order valence-electron chi connectivity index (χ4n) is 1.99. The summed E-state index contributed by atoms with van der Waals surface area (Å²) in [5.41, 5.74) is 6.59. The largest absolute Gasteiger partial charge is 0.399 e. The highest BCUT2D eigenvalue weighted by Gasteiger charge is 2.21. The monoisotopic (exact) mass is 309 g/mol. The molecule has 3 N–H and O–H groups in total. The van der Waals surface area contributed by atoms with Gasteiger partial charge in [0.05, 0.1) is 11.4 Å². The van der Waals surface area contributed by atoms with E-state index in [1.54, 1.807) is 37.4 Å². The molecular formula is C14H16FN3O2S. The fourth-order valence-corrected chi connectivity index (χ4v) is 2.98. The highest BCUT2D eigenvalue weighted by Crippen LogP contribution is 2.32. The molecule has 0 aliphatic heterocycles. The van der Waals surface area contributed by atoms with Crippen molar-refractivity contribution in [1.82, 2.24) is 4.72 Å². The Kier molecular flexibility index (Phi) is 4.15. The van der Waals surface area contributed by atoms with Crippen molar-refractivity contribution in [1.29, 1.82) is 0 Å². The third-order valence-electron chi connectivity index (χ3n) is 3.12. The smallest absolute Gasteiger partial charge is 0.242 e. The molecule has 0 heterocycles. The van der Waals surface area contributed by atoms with Crippen LogP contribution in [0.25, 0.3) is 0 Å². The SMILES string of the molecule is CNS(=O)(=O)c1cc(N)ccc1N(C)c1ccccc1F. The Bertz CT molecular complexity index is 763. The van der Waals surface area contributed by atoms with Crippen LogP contribution in [0, 0.1) is 5.82 Å². The van der Waals surface area contributed by atoms with E-state index in [0.29, 0.717) is 11.4 Å². The number of halogens is 1. The van der Waals surface area contributed by atoms with E-state index in [0.717, 1.165) is 0 Å². The summed E-state index contributed by atoms with van der Waals surface area (Å²) in [6.45, 7) is 0. The second kappa shape index (κ2) is 5.71. The van der Waals surface area contributed by atoms with Gasteiger partial charge in [-0.3, -0.25) is 0 Å². The lowest BCUT2D eigenvalue weighted by Crippen LogP contribution is -2.22. The molecule has 0 unspecified atom stereocenters. The molecule has 0 spiro atoms. The van der Waals surface area contributed by atoms with Gasteiger partial charge >= 0.3 is 0 Å². The molecule has 0 aromatic heterocycles. The van der Waals surface area contributed by atoms with Crippen LogP contribution >= 0.6 is 0 Å². The van der Waals surface area contributed by atoms with E-state index in [4.69, 9.17) is 5.73 Å². The van der Waals surface area contributed by atoms with Crippen molar-refractivity contribution in [3.8, 4) is 0 Å². The molecule has 0 amide bonds. The van der Waals surface area contributed by atoms with Crippen molar-refractivity contribution >= 4 is 27.1 Å². The van der Waals surface area contributed by atoms with Crippen molar-refractivity contribution in [2.24, 2.45) is 0 Å². The van der Waals surface area contributed by atoms with Crippen LogP contribution < -0.4 is 15.4 Å². The van der Waals surface area contributed by atoms with Gasteiger partial charge in [0.2, 0.25) is 10.0 Å². The first-order valence-electron chi connectivity index (χ1n) is 6.18. The van der Waals surface area contributed by atoms with Crippen molar-refractivity contribution in [2.75, 3.05) is 24.7 Å². The van der Waals surface area contributed by atoms with Gasteiger partial charge in [-0.1, -0.05) is 12.1 Å². The second-order valence-electron chi connectivity index (χ2n) is 4.45. The minimum Gasteiger partial charge on any atom is -0.399 e. The van der Waals surface area contributed by atoms with Crippen LogP contribution in [0.5, 0.6) is 0 Å². The number of anilines is 3. The van der Waals surface area contributed by atoms with Crippen molar-refractivity contribution in [3.05, 3.63) is 48.3 Å². The van der Waals surface area contributed by atoms with Gasteiger partial charge in [0, 0.05) is 12.7 Å². The highest BCUT2D eigenvalue weighted by molar-refractivity contribution is 7.89. The lowest BCUT2D eigenvalue weighted by atomic mass is 10.2. The number of sulfonamides is 1. The summed E-state index contributed by atoms with van der Waals surface area (Å²) < 4.78 is 40.3. The van der Waals surface area contributed by atoms with Crippen molar-refractivity contribution < 1.29 is 12.8 Å². The lowest BCUT2D eigenvalue weighted by Gasteiger charge is -2.23. The molecule has 7 heteroatoms. The molecule has 2 aromatic carbocycles. The number of nitrogens with two attached hydrogens (primary N) is 1. The molecule has 0 aliphatic rings. The van der Waals surface area contributed by atoms with Crippen LogP contribution in [0.15, 0.2) is 47.4 Å². The van der Waals surface area contributed by atoms with Gasteiger partial charge in [0.15, 0.2) is 0 Å². The molecule has 0 radical (unpaired) electrons. The predicted octanol–water partition coefficient (Wildman–Crippen LogP) is 2.08. The molecule has 5 nitrogen and oxygen atoms in total. The average Bonchev–Trinajstić information content (AvgIpc) is 2.47. The van der Waals surface area contributed by atoms with E-state index in [-0.39, 0.29) is 10.6 Å². The van der Waals surface area contributed by atoms with Crippen molar-refractivity contribution in [3.63, 3.8) is 0 Å². The quantitative estimate of drug-likeness (QED) is 0.848. The molecule has 2 rings (SSSR count). The predicted molar refractivity (Wildman–Crippen MR) is 81.6 cm³/mol. The maximum Gasteiger partial charge on any atom is 0.242 e. The van der Waals surface area contributed by atoms with Crippen LogP contribution in [0.2, 0.25) is 0 Å². The van der Waals surface area contributed by atoms with Gasteiger partial charge in [0.25, 0.3) is 0 Å². The average molecular weight is 309 g/mol. The number of nitrogen functional groups attached to an aromatic ring is 1. The summed E-state index contributed by atoms with van der Waals surface area (Å²) in [4.78, 5) is 1.47. The lowest BCUT2D eigenvalue weighted by molar-refractivity contribution is 0.588. The summed E-state index contributed by atoms with van der Waals surface area (Å²) in [5.74, 6) is -0.440. The number of nitrogens with zero attached hydrogens (tertiary/aromatic N) is 1. The van der Waals surface area contributed by atoms with Crippen LogP contribution in [0.4, 0.5) is 21.5 Å². The first kappa shape index (κ1) is 15.3. The third-order valence-corrected chi connectivity index (χ3v) is 4.56. The zero-order chi connectivity index (χ0) is 15.6. The van der Waals surface area contributed by atoms with Crippen LogP contribution in [0.1, 0.15) is 0 Å². The van der Waals surface area contributed by atoms with E-state index >= 15 is 0 Å². The Hall–Kier alpha value is -2.12. The summed E-state index contributed by atoms with van der Waals surface area (Å²) in [6, 6.07) is 10.6. The second-order valence-corrected chi connectivity index (χ2v) is 6.30. The molecule has 0 aliphatic carbocycles. The van der Waals surface area contributed by atoms with Crippen LogP contribution in [-0.4, -0.2) is 22.5 Å². The molecule has 0 saturated carbocycles. The zero-order valence-electron chi connectivity index (χ0n) is 11.7. The third kappa shape index (κ3) is 2.98. The standard InChI is InChI=1S/C14H16FN3O2S/c1-17-21(19,20)14-9-10(16)7-8-13(14)18(2)12-6-4-3-5-11(12)15/h3-9,17H,16H2,1-2H3. The molecule has 0 bridgehead atoms. The Labute approximate surface area is 123 Å². The normalized spacial score (nSPS) is 11.4. The van der Waals surface area contributed by atoms with E-state index in [2.05, 4.69) is 4.72 Å². The van der Waals surface area contributed by atoms with Gasteiger partial charge in [0.1, 0.15) is 10.7 Å². The molecule has 0 fully saturated rings. The van der Waals surface area contributed by atoms with E-state index in [9.17, 15) is 12.8 Å². The summed E-state index contributed by atoms with van der Waals surface area (Å²) in [5, 5.41) is 0. The number of hydrogen-bond donors (Lipinski definition) is 2. The molecule has 2 aromatic rings. The van der Waals surface area contributed by atoms with Gasteiger partial charge in [-0.25, -0.2) is 17.5 Å². The zero-order valence-corrected chi connectivity index (χ0v) is 12.5. The van der Waals surface area contributed by atoms with Gasteiger partial charge in [-0.15, -0.1) is 0 Å². The molecule has 112 valence electrons. The minimum atomic E-state index is -3.71. The first-order chi connectivity index (χ1) is 9.86. The number of benzene rings is 2. The number of rotatable bonds is 4. The van der Waals surface area contributed by atoms with Gasteiger partial charge < -0.3 is 10.6 Å². The van der Waals surface area contributed by atoms with Gasteiger partial charge in [-0.05, 0) is 37.4 Å². The molecule has 21 heavy (non-hydrogen) atoms. The topological polar surface area (TPSA) is 75.4 Å². The Morgan fingerprint density at radius 3 is 2.43 bits per heavy atom. The maximum absolute atomic E-state index is 13.9.